The summed E-state index contributed by atoms with van der Waals surface area (Å²) in [6, 6.07) is 4.83. The fourth-order valence-corrected chi connectivity index (χ4v) is 3.57. The number of hydrogen-bond acceptors (Lipinski definition) is 4. The summed E-state index contributed by atoms with van der Waals surface area (Å²) >= 11 is 0. The summed E-state index contributed by atoms with van der Waals surface area (Å²) in [6.45, 7) is 2.57. The zero-order chi connectivity index (χ0) is 17.3. The Morgan fingerprint density at radius 2 is 2.12 bits per heavy atom. The van der Waals surface area contributed by atoms with Gasteiger partial charge < -0.3 is 4.74 Å². The van der Waals surface area contributed by atoms with Crippen LogP contribution in [-0.4, -0.2) is 22.9 Å². The van der Waals surface area contributed by atoms with E-state index in [1.807, 2.05) is 17.7 Å². The number of methoxy groups -OCH3 is 1. The molecule has 0 bridgehead atoms. The Bertz CT molecular complexity index is 814. The molecule has 0 spiro atoms. The summed E-state index contributed by atoms with van der Waals surface area (Å²) in [7, 11) is 1.43. The Morgan fingerprint density at radius 1 is 1.42 bits per heavy atom. The number of halogens is 1. The number of ether oxygens (including phenoxy) is 1. The van der Waals surface area contributed by atoms with Crippen molar-refractivity contribution in [2.75, 3.05) is 7.11 Å². The van der Waals surface area contributed by atoms with E-state index < -0.39 is 5.82 Å². The van der Waals surface area contributed by atoms with Crippen LogP contribution in [0.1, 0.15) is 36.9 Å². The van der Waals surface area contributed by atoms with Gasteiger partial charge in [-0.25, -0.2) is 4.39 Å². The standard InChI is InChI=1S/C18H20FN3O2/c1-11-15-7-14(9-20)16(19)8-17(15)22(21-11)10-12-3-5-13(6-4-12)18(23)24-2/h7-8,12-13H,3-6,10H2,1-2H3/t12-,13-. The molecule has 1 aromatic heterocycles. The Labute approximate surface area is 140 Å². The van der Waals surface area contributed by atoms with Gasteiger partial charge in [-0.3, -0.25) is 9.48 Å². The fraction of sp³-hybridized carbons (Fsp3) is 0.500. The quantitative estimate of drug-likeness (QED) is 0.810. The molecule has 1 saturated carbocycles. The van der Waals surface area contributed by atoms with E-state index in [1.54, 1.807) is 6.07 Å². The van der Waals surface area contributed by atoms with Gasteiger partial charge in [0, 0.05) is 18.0 Å². The SMILES string of the molecule is COC(=O)[C@H]1CC[C@H](Cn2nc(C)c3cc(C#N)c(F)cc32)CC1. The van der Waals surface area contributed by atoms with Crippen molar-refractivity contribution in [1.29, 1.82) is 5.26 Å². The zero-order valence-corrected chi connectivity index (χ0v) is 13.9. The number of nitrogens with zero attached hydrogens (tertiary/aromatic N) is 3. The smallest absolute Gasteiger partial charge is 0.308 e. The molecule has 0 unspecified atom stereocenters. The maximum absolute atomic E-state index is 14.0. The predicted molar refractivity (Wildman–Crippen MR) is 86.6 cm³/mol. The Hall–Kier alpha value is -2.42. The first-order valence-electron chi connectivity index (χ1n) is 8.18. The van der Waals surface area contributed by atoms with Crippen LogP contribution in [0.3, 0.4) is 0 Å². The third-order valence-corrected chi connectivity index (χ3v) is 4.96. The van der Waals surface area contributed by atoms with Gasteiger partial charge in [0.1, 0.15) is 11.9 Å². The third-order valence-electron chi connectivity index (χ3n) is 4.96. The number of carbonyl (C=O) groups is 1. The van der Waals surface area contributed by atoms with E-state index in [0.717, 1.165) is 42.3 Å². The highest BCUT2D eigenvalue weighted by molar-refractivity contribution is 5.83. The van der Waals surface area contributed by atoms with Gasteiger partial charge in [-0.15, -0.1) is 0 Å². The van der Waals surface area contributed by atoms with E-state index in [4.69, 9.17) is 10.00 Å². The molecule has 0 atom stereocenters. The molecule has 126 valence electrons. The number of aryl methyl sites for hydroxylation is 1. The molecule has 2 aromatic rings. The number of fused-ring (bicyclic) bond motifs is 1. The zero-order valence-electron chi connectivity index (χ0n) is 13.9. The van der Waals surface area contributed by atoms with Crippen molar-refractivity contribution in [1.82, 2.24) is 9.78 Å². The molecule has 1 fully saturated rings. The molecule has 6 heteroatoms. The third kappa shape index (κ3) is 2.99. The summed E-state index contributed by atoms with van der Waals surface area (Å²) in [5.41, 5.74) is 1.56. The highest BCUT2D eigenvalue weighted by Gasteiger charge is 2.27. The van der Waals surface area contributed by atoms with Crippen LogP contribution < -0.4 is 0 Å². The molecular formula is C18H20FN3O2. The molecule has 0 N–H and O–H groups in total. The van der Waals surface area contributed by atoms with E-state index in [-0.39, 0.29) is 17.5 Å². The van der Waals surface area contributed by atoms with Crippen LogP contribution in [0.5, 0.6) is 0 Å². The molecule has 24 heavy (non-hydrogen) atoms. The normalized spacial score (nSPS) is 20.8. The summed E-state index contributed by atoms with van der Waals surface area (Å²) in [4.78, 5) is 11.6. The Balaban J connectivity index is 1.78. The molecular weight excluding hydrogens is 309 g/mol. The van der Waals surface area contributed by atoms with Crippen molar-refractivity contribution in [3.05, 3.63) is 29.2 Å². The average Bonchev–Trinajstić information content (AvgIpc) is 2.89. The van der Waals surface area contributed by atoms with Gasteiger partial charge in [0.15, 0.2) is 0 Å². The van der Waals surface area contributed by atoms with Crippen LogP contribution in [0.15, 0.2) is 12.1 Å². The van der Waals surface area contributed by atoms with Crippen molar-refractivity contribution in [2.24, 2.45) is 11.8 Å². The van der Waals surface area contributed by atoms with Crippen molar-refractivity contribution in [3.63, 3.8) is 0 Å². The molecule has 1 heterocycles. The number of aromatic nitrogens is 2. The van der Waals surface area contributed by atoms with Crippen molar-refractivity contribution >= 4 is 16.9 Å². The summed E-state index contributed by atoms with van der Waals surface area (Å²) in [6.07, 6.45) is 3.50. The van der Waals surface area contributed by atoms with Gasteiger partial charge in [-0.05, 0) is 44.6 Å². The van der Waals surface area contributed by atoms with Crippen LogP contribution in [0, 0.1) is 35.9 Å². The maximum Gasteiger partial charge on any atom is 0.308 e. The van der Waals surface area contributed by atoms with E-state index in [1.165, 1.54) is 13.2 Å². The second-order valence-corrected chi connectivity index (χ2v) is 6.47. The average molecular weight is 329 g/mol. The van der Waals surface area contributed by atoms with Crippen LogP contribution in [0.25, 0.3) is 10.9 Å². The predicted octanol–water partition coefficient (Wildman–Crippen LogP) is 3.33. The van der Waals surface area contributed by atoms with Crippen molar-refractivity contribution in [2.45, 2.75) is 39.2 Å². The van der Waals surface area contributed by atoms with Gasteiger partial charge in [0.05, 0.1) is 29.8 Å². The van der Waals surface area contributed by atoms with Crippen molar-refractivity contribution in [3.8, 4) is 6.07 Å². The van der Waals surface area contributed by atoms with Gasteiger partial charge in [-0.2, -0.15) is 10.4 Å². The van der Waals surface area contributed by atoms with E-state index >= 15 is 0 Å². The second-order valence-electron chi connectivity index (χ2n) is 6.47. The van der Waals surface area contributed by atoms with Crippen LogP contribution in [-0.2, 0) is 16.1 Å². The lowest BCUT2D eigenvalue weighted by Crippen LogP contribution is -2.25. The highest BCUT2D eigenvalue weighted by atomic mass is 19.1. The molecule has 0 saturated heterocycles. The minimum atomic E-state index is -0.513. The number of nitriles is 1. The fourth-order valence-electron chi connectivity index (χ4n) is 3.57. The molecule has 0 amide bonds. The molecule has 0 radical (unpaired) electrons. The summed E-state index contributed by atoms with van der Waals surface area (Å²) in [5.74, 6) is -0.231. The Kier molecular flexibility index (Phi) is 4.52. The highest BCUT2D eigenvalue weighted by Crippen LogP contribution is 2.32. The van der Waals surface area contributed by atoms with Gasteiger partial charge in [0.25, 0.3) is 0 Å². The molecule has 5 nitrogen and oxygen atoms in total. The first-order chi connectivity index (χ1) is 11.5. The first kappa shape index (κ1) is 16.4. The molecule has 0 aliphatic heterocycles. The summed E-state index contributed by atoms with van der Waals surface area (Å²) in [5, 5.41) is 14.3. The molecule has 1 aliphatic carbocycles. The van der Waals surface area contributed by atoms with Gasteiger partial charge >= 0.3 is 5.97 Å². The van der Waals surface area contributed by atoms with Crippen LogP contribution in [0.2, 0.25) is 0 Å². The largest absolute Gasteiger partial charge is 0.469 e. The monoisotopic (exact) mass is 329 g/mol. The minimum Gasteiger partial charge on any atom is -0.469 e. The van der Waals surface area contributed by atoms with Gasteiger partial charge in [-0.1, -0.05) is 0 Å². The molecule has 1 aliphatic rings. The number of esters is 1. The lowest BCUT2D eigenvalue weighted by Gasteiger charge is -2.26. The van der Waals surface area contributed by atoms with E-state index in [2.05, 4.69) is 5.10 Å². The molecule has 1 aromatic carbocycles. The van der Waals surface area contributed by atoms with Crippen LogP contribution in [0.4, 0.5) is 4.39 Å². The van der Waals surface area contributed by atoms with Crippen molar-refractivity contribution < 1.29 is 13.9 Å². The van der Waals surface area contributed by atoms with Crippen LogP contribution >= 0.6 is 0 Å². The number of carbonyl (C=O) groups excluding carboxylic acids is 1. The number of rotatable bonds is 3. The Morgan fingerprint density at radius 3 is 2.75 bits per heavy atom. The van der Waals surface area contributed by atoms with E-state index in [9.17, 15) is 9.18 Å². The van der Waals surface area contributed by atoms with Gasteiger partial charge in [0.2, 0.25) is 0 Å². The molecule has 3 rings (SSSR count). The first-order valence-corrected chi connectivity index (χ1v) is 8.18. The maximum atomic E-state index is 14.0. The lowest BCUT2D eigenvalue weighted by atomic mass is 9.82. The lowest BCUT2D eigenvalue weighted by molar-refractivity contribution is -0.146. The second kappa shape index (κ2) is 6.60. The minimum absolute atomic E-state index is 0.00187. The number of benzene rings is 1. The van der Waals surface area contributed by atoms with E-state index in [0.29, 0.717) is 12.5 Å². The topological polar surface area (TPSA) is 67.9 Å². The number of hydrogen-bond donors (Lipinski definition) is 0. The summed E-state index contributed by atoms with van der Waals surface area (Å²) < 4.78 is 20.6.